The number of methoxy groups -OCH3 is 1. The Morgan fingerprint density at radius 2 is 2.14 bits per heavy atom. The Kier molecular flexibility index (Phi) is 2.98. The molecule has 2 bridgehead atoms. The van der Waals surface area contributed by atoms with E-state index < -0.39 is 5.41 Å². The van der Waals surface area contributed by atoms with Crippen LogP contribution >= 0.6 is 0 Å². The minimum Gasteiger partial charge on any atom is -0.469 e. The van der Waals surface area contributed by atoms with Gasteiger partial charge in [0.1, 0.15) is 0 Å². The molecule has 1 saturated carbocycles. The highest BCUT2D eigenvalue weighted by atomic mass is 16.5. The van der Waals surface area contributed by atoms with Crippen LogP contribution in [0.4, 0.5) is 0 Å². The number of Topliss-reactive ketones (excluding diaryl/α,β-unsaturated/α-hetero) is 1. The molecular weight excluding hydrogens is 268 g/mol. The van der Waals surface area contributed by atoms with Crippen molar-refractivity contribution in [3.63, 3.8) is 0 Å². The van der Waals surface area contributed by atoms with Crippen LogP contribution in [0.15, 0.2) is 23.8 Å². The predicted molar refractivity (Wildman–Crippen MR) is 76.3 cm³/mol. The number of ether oxygens (including phenoxy) is 1. The molecule has 21 heavy (non-hydrogen) atoms. The van der Waals surface area contributed by atoms with Gasteiger partial charge in [0.2, 0.25) is 0 Å². The molecular formula is C17H20O4. The summed E-state index contributed by atoms with van der Waals surface area (Å²) in [5, 5.41) is 0. The maximum Gasteiger partial charge on any atom is 0.305 e. The van der Waals surface area contributed by atoms with Gasteiger partial charge in [0.05, 0.1) is 7.11 Å². The van der Waals surface area contributed by atoms with Gasteiger partial charge in [-0.25, -0.2) is 0 Å². The molecule has 3 aliphatic rings. The van der Waals surface area contributed by atoms with Gasteiger partial charge in [0.25, 0.3) is 0 Å². The first kappa shape index (κ1) is 14.2. The van der Waals surface area contributed by atoms with Crippen LogP contribution in [0.25, 0.3) is 0 Å². The SMILES string of the molecule is COC(=O)CC[C@@]12C=C[C@@H](C1)[C@@H]1C(=O)C(C)=CC(=O)[C@@]12C. The fourth-order valence-corrected chi connectivity index (χ4v) is 4.61. The third kappa shape index (κ3) is 1.65. The summed E-state index contributed by atoms with van der Waals surface area (Å²) in [6.07, 6.45) is 7.24. The summed E-state index contributed by atoms with van der Waals surface area (Å²) in [6.45, 7) is 3.62. The summed E-state index contributed by atoms with van der Waals surface area (Å²) in [5.74, 6) is -0.298. The smallest absolute Gasteiger partial charge is 0.305 e. The van der Waals surface area contributed by atoms with Crippen LogP contribution in [-0.2, 0) is 19.1 Å². The van der Waals surface area contributed by atoms with E-state index in [4.69, 9.17) is 4.74 Å². The molecule has 0 aliphatic heterocycles. The zero-order valence-corrected chi connectivity index (χ0v) is 12.6. The first-order valence-corrected chi connectivity index (χ1v) is 7.39. The van der Waals surface area contributed by atoms with Gasteiger partial charge in [0, 0.05) is 23.2 Å². The van der Waals surface area contributed by atoms with Gasteiger partial charge in [-0.2, -0.15) is 0 Å². The van der Waals surface area contributed by atoms with E-state index >= 15 is 0 Å². The van der Waals surface area contributed by atoms with Crippen molar-refractivity contribution in [3.8, 4) is 0 Å². The lowest BCUT2D eigenvalue weighted by molar-refractivity contribution is -0.144. The number of carbonyl (C=O) groups is 3. The lowest BCUT2D eigenvalue weighted by Crippen LogP contribution is -2.50. The fraction of sp³-hybridized carbons (Fsp3) is 0.588. The van der Waals surface area contributed by atoms with E-state index in [1.807, 2.05) is 6.92 Å². The van der Waals surface area contributed by atoms with Crippen molar-refractivity contribution in [1.82, 2.24) is 0 Å². The van der Waals surface area contributed by atoms with E-state index in [2.05, 4.69) is 12.2 Å². The number of carbonyl (C=O) groups excluding carboxylic acids is 3. The molecule has 0 spiro atoms. The van der Waals surface area contributed by atoms with Crippen LogP contribution in [0.2, 0.25) is 0 Å². The number of hydrogen-bond donors (Lipinski definition) is 0. The maximum atomic E-state index is 12.7. The topological polar surface area (TPSA) is 60.4 Å². The van der Waals surface area contributed by atoms with E-state index in [1.165, 1.54) is 13.2 Å². The Hall–Kier alpha value is -1.71. The predicted octanol–water partition coefficient (Wildman–Crippen LogP) is 2.24. The van der Waals surface area contributed by atoms with Crippen molar-refractivity contribution in [2.75, 3.05) is 7.11 Å². The summed E-state index contributed by atoms with van der Waals surface area (Å²) >= 11 is 0. The van der Waals surface area contributed by atoms with Gasteiger partial charge in [-0.3, -0.25) is 14.4 Å². The second kappa shape index (κ2) is 4.39. The van der Waals surface area contributed by atoms with Gasteiger partial charge in [-0.05, 0) is 37.3 Å². The van der Waals surface area contributed by atoms with Crippen LogP contribution < -0.4 is 0 Å². The monoisotopic (exact) mass is 288 g/mol. The zero-order chi connectivity index (χ0) is 15.4. The van der Waals surface area contributed by atoms with Crippen molar-refractivity contribution in [3.05, 3.63) is 23.8 Å². The number of rotatable bonds is 3. The minimum atomic E-state index is -0.711. The van der Waals surface area contributed by atoms with Gasteiger partial charge in [-0.1, -0.05) is 19.1 Å². The molecule has 0 amide bonds. The molecule has 0 saturated heterocycles. The van der Waals surface area contributed by atoms with E-state index in [9.17, 15) is 14.4 Å². The number of esters is 1. The highest BCUT2D eigenvalue weighted by Gasteiger charge is 2.68. The third-order valence-corrected chi connectivity index (χ3v) is 5.88. The first-order chi connectivity index (χ1) is 9.85. The van der Waals surface area contributed by atoms with Crippen molar-refractivity contribution in [1.29, 1.82) is 0 Å². The summed E-state index contributed by atoms with van der Waals surface area (Å²) in [7, 11) is 1.37. The molecule has 4 nitrogen and oxygen atoms in total. The average Bonchev–Trinajstić information content (AvgIpc) is 2.98. The molecule has 112 valence electrons. The highest BCUT2D eigenvalue weighted by molar-refractivity contribution is 6.13. The van der Waals surface area contributed by atoms with E-state index in [1.54, 1.807) is 6.92 Å². The summed E-state index contributed by atoms with van der Waals surface area (Å²) in [6, 6.07) is 0. The van der Waals surface area contributed by atoms with Crippen LogP contribution in [0, 0.1) is 22.7 Å². The van der Waals surface area contributed by atoms with Crippen LogP contribution in [-0.4, -0.2) is 24.6 Å². The molecule has 3 rings (SSSR count). The van der Waals surface area contributed by atoms with Gasteiger partial charge < -0.3 is 4.74 Å². The van der Waals surface area contributed by atoms with Crippen LogP contribution in [0.5, 0.6) is 0 Å². The lowest BCUT2D eigenvalue weighted by Gasteiger charge is -2.46. The number of hydrogen-bond acceptors (Lipinski definition) is 4. The normalized spacial score (nSPS) is 40.2. The van der Waals surface area contributed by atoms with Gasteiger partial charge >= 0.3 is 5.97 Å². The Balaban J connectivity index is 2.00. The molecule has 0 heterocycles. The minimum absolute atomic E-state index is 0.0290. The Labute approximate surface area is 124 Å². The number of allylic oxidation sites excluding steroid dienone is 4. The quantitative estimate of drug-likeness (QED) is 0.590. The largest absolute Gasteiger partial charge is 0.469 e. The molecule has 0 unspecified atom stereocenters. The number of fused-ring (bicyclic) bond motifs is 5. The molecule has 1 fully saturated rings. The van der Waals surface area contributed by atoms with Crippen molar-refractivity contribution in [2.45, 2.75) is 33.1 Å². The average molecular weight is 288 g/mol. The van der Waals surface area contributed by atoms with Crippen LogP contribution in [0.1, 0.15) is 33.1 Å². The molecule has 0 radical (unpaired) electrons. The molecule has 0 aromatic carbocycles. The molecule has 0 aromatic heterocycles. The molecule has 0 aromatic rings. The summed E-state index contributed by atoms with van der Waals surface area (Å²) in [5.41, 5.74) is -0.538. The highest BCUT2D eigenvalue weighted by Crippen LogP contribution is 2.67. The zero-order valence-electron chi connectivity index (χ0n) is 12.6. The summed E-state index contributed by atoms with van der Waals surface area (Å²) in [4.78, 5) is 36.7. The summed E-state index contributed by atoms with van der Waals surface area (Å²) < 4.78 is 4.72. The van der Waals surface area contributed by atoms with E-state index in [0.717, 1.165) is 6.42 Å². The Morgan fingerprint density at radius 3 is 2.81 bits per heavy atom. The maximum absolute atomic E-state index is 12.7. The van der Waals surface area contributed by atoms with Crippen molar-refractivity contribution < 1.29 is 19.1 Å². The van der Waals surface area contributed by atoms with Crippen molar-refractivity contribution >= 4 is 17.5 Å². The molecule has 0 N–H and O–H groups in total. The Morgan fingerprint density at radius 1 is 1.43 bits per heavy atom. The van der Waals surface area contributed by atoms with E-state index in [-0.39, 0.29) is 41.2 Å². The van der Waals surface area contributed by atoms with E-state index in [0.29, 0.717) is 12.0 Å². The molecule has 4 heteroatoms. The van der Waals surface area contributed by atoms with Crippen LogP contribution in [0.3, 0.4) is 0 Å². The van der Waals surface area contributed by atoms with Gasteiger partial charge in [0.15, 0.2) is 11.6 Å². The number of ketones is 2. The lowest BCUT2D eigenvalue weighted by atomic mass is 9.54. The third-order valence-electron chi connectivity index (χ3n) is 5.88. The fourth-order valence-electron chi connectivity index (χ4n) is 4.61. The van der Waals surface area contributed by atoms with Gasteiger partial charge in [-0.15, -0.1) is 0 Å². The standard InChI is InChI=1S/C17H20O4/c1-10-8-12(18)16(2)14(15(10)20)11-4-6-17(16,9-11)7-5-13(19)21-3/h4,6,8,11,14H,5,7,9H2,1-3H3/t11-,14+,16-,17-/m0/s1. The van der Waals surface area contributed by atoms with Crippen molar-refractivity contribution in [2.24, 2.45) is 22.7 Å². The first-order valence-electron chi connectivity index (χ1n) is 7.39. The second-order valence-electron chi connectivity index (χ2n) is 6.70. The Bertz CT molecular complexity index is 600. The molecule has 3 aliphatic carbocycles. The second-order valence-corrected chi connectivity index (χ2v) is 6.70. The molecule has 4 atom stereocenters.